The van der Waals surface area contributed by atoms with Crippen LogP contribution in [0.3, 0.4) is 0 Å². The molecule has 0 fully saturated rings. The van der Waals surface area contributed by atoms with Crippen molar-refractivity contribution in [2.45, 2.75) is 13.8 Å². The average molecular weight is 331 g/mol. The first-order valence-electron chi connectivity index (χ1n) is 5.41. The van der Waals surface area contributed by atoms with E-state index in [4.69, 9.17) is 10.2 Å². The lowest BCUT2D eigenvalue weighted by Gasteiger charge is -1.98. The number of phenols is 2. The van der Waals surface area contributed by atoms with Crippen LogP contribution in [-0.2, 0) is 0 Å². The van der Waals surface area contributed by atoms with E-state index in [-0.39, 0.29) is 11.5 Å². The van der Waals surface area contributed by atoms with Gasteiger partial charge in [0.05, 0.1) is 0 Å². The van der Waals surface area contributed by atoms with Gasteiger partial charge < -0.3 is 10.2 Å². The SMILES string of the molecule is Cc1cc(O)c(F)cc1Br.Cc1ccc(F)c(O)c1. The summed E-state index contributed by atoms with van der Waals surface area (Å²) in [5.41, 5.74) is 1.67. The lowest BCUT2D eigenvalue weighted by atomic mass is 10.2. The van der Waals surface area contributed by atoms with Gasteiger partial charge in [-0.1, -0.05) is 22.0 Å². The number of aromatic hydroxyl groups is 2. The summed E-state index contributed by atoms with van der Waals surface area (Å²) in [7, 11) is 0. The van der Waals surface area contributed by atoms with E-state index in [1.165, 1.54) is 24.3 Å². The molecule has 2 rings (SSSR count). The van der Waals surface area contributed by atoms with E-state index in [1.54, 1.807) is 19.9 Å². The van der Waals surface area contributed by atoms with E-state index >= 15 is 0 Å². The fourth-order valence-corrected chi connectivity index (χ4v) is 1.58. The first-order chi connectivity index (χ1) is 8.81. The lowest BCUT2D eigenvalue weighted by molar-refractivity contribution is 0.431. The highest BCUT2D eigenvalue weighted by Crippen LogP contribution is 2.24. The molecular formula is C14H13BrF2O2. The maximum absolute atomic E-state index is 12.5. The van der Waals surface area contributed by atoms with Crippen LogP contribution in [0.1, 0.15) is 11.1 Å². The Morgan fingerprint density at radius 2 is 1.47 bits per heavy atom. The molecule has 0 saturated carbocycles. The fourth-order valence-electron chi connectivity index (χ4n) is 1.26. The Morgan fingerprint density at radius 3 is 1.95 bits per heavy atom. The van der Waals surface area contributed by atoms with Gasteiger partial charge in [0.2, 0.25) is 0 Å². The standard InChI is InChI=1S/C7H6BrFO.C7H7FO/c1-4-2-7(10)6(9)3-5(4)8;1-5-2-3-6(8)7(9)4-5/h2-3,10H,1H3;2-4,9H,1H3. The molecular weight excluding hydrogens is 318 g/mol. The fraction of sp³-hybridized carbons (Fsp3) is 0.143. The number of phenolic OH excluding ortho intramolecular Hbond substituents is 2. The summed E-state index contributed by atoms with van der Waals surface area (Å²) >= 11 is 3.13. The second-order valence-electron chi connectivity index (χ2n) is 4.01. The van der Waals surface area contributed by atoms with Crippen molar-refractivity contribution in [2.75, 3.05) is 0 Å². The van der Waals surface area contributed by atoms with Crippen LogP contribution in [0.4, 0.5) is 8.78 Å². The van der Waals surface area contributed by atoms with E-state index in [1.807, 2.05) is 0 Å². The molecule has 0 heterocycles. The minimum absolute atomic E-state index is 0.282. The minimum atomic E-state index is -0.600. The summed E-state index contributed by atoms with van der Waals surface area (Å²) in [6.07, 6.45) is 0. The Morgan fingerprint density at radius 1 is 0.895 bits per heavy atom. The number of hydrogen-bond acceptors (Lipinski definition) is 2. The molecule has 0 radical (unpaired) electrons. The molecule has 0 bridgehead atoms. The van der Waals surface area contributed by atoms with Crippen LogP contribution in [0.25, 0.3) is 0 Å². The average Bonchev–Trinajstić information content (AvgIpc) is 2.33. The molecule has 0 amide bonds. The molecule has 0 spiro atoms. The number of aryl methyl sites for hydroxylation is 2. The Labute approximate surface area is 118 Å². The van der Waals surface area contributed by atoms with Crippen LogP contribution < -0.4 is 0 Å². The molecule has 0 unspecified atom stereocenters. The Balaban J connectivity index is 0.000000191. The molecule has 2 N–H and O–H groups in total. The maximum Gasteiger partial charge on any atom is 0.165 e. The van der Waals surface area contributed by atoms with Gasteiger partial charge >= 0.3 is 0 Å². The number of halogens is 3. The summed E-state index contributed by atoms with van der Waals surface area (Å²) < 4.78 is 25.4. The second-order valence-corrected chi connectivity index (χ2v) is 4.86. The lowest BCUT2D eigenvalue weighted by Crippen LogP contribution is -1.79. The molecule has 0 aliphatic carbocycles. The quantitative estimate of drug-likeness (QED) is 0.749. The summed E-state index contributed by atoms with van der Waals surface area (Å²) in [6.45, 7) is 3.57. The predicted molar refractivity (Wildman–Crippen MR) is 73.3 cm³/mol. The zero-order chi connectivity index (χ0) is 14.6. The molecule has 0 aliphatic rings. The zero-order valence-corrected chi connectivity index (χ0v) is 12.0. The molecule has 0 saturated heterocycles. The van der Waals surface area contributed by atoms with Crippen molar-refractivity contribution in [3.05, 3.63) is 57.6 Å². The molecule has 19 heavy (non-hydrogen) atoms. The third-order valence-corrected chi connectivity index (χ3v) is 3.18. The number of hydrogen-bond donors (Lipinski definition) is 2. The largest absolute Gasteiger partial charge is 0.505 e. The van der Waals surface area contributed by atoms with Gasteiger partial charge in [0, 0.05) is 4.47 Å². The Bertz CT molecular complexity index is 536. The van der Waals surface area contributed by atoms with Crippen molar-refractivity contribution in [3.63, 3.8) is 0 Å². The van der Waals surface area contributed by atoms with Gasteiger partial charge in [-0.05, 0) is 49.2 Å². The van der Waals surface area contributed by atoms with Crippen molar-refractivity contribution in [1.82, 2.24) is 0 Å². The van der Waals surface area contributed by atoms with Crippen molar-refractivity contribution in [2.24, 2.45) is 0 Å². The van der Waals surface area contributed by atoms with Crippen molar-refractivity contribution >= 4 is 15.9 Å². The predicted octanol–water partition coefficient (Wildman–Crippen LogP) is 4.44. The van der Waals surface area contributed by atoms with Gasteiger partial charge in [-0.25, -0.2) is 8.78 Å². The van der Waals surface area contributed by atoms with Gasteiger partial charge in [0.1, 0.15) is 0 Å². The van der Waals surface area contributed by atoms with Gasteiger partial charge in [-0.3, -0.25) is 0 Å². The zero-order valence-electron chi connectivity index (χ0n) is 10.4. The van der Waals surface area contributed by atoms with E-state index < -0.39 is 11.6 Å². The third kappa shape index (κ3) is 4.52. The summed E-state index contributed by atoms with van der Waals surface area (Å²) in [5, 5.41) is 17.6. The van der Waals surface area contributed by atoms with Crippen LogP contribution >= 0.6 is 15.9 Å². The Hall–Kier alpha value is -1.62. The smallest absolute Gasteiger partial charge is 0.165 e. The minimum Gasteiger partial charge on any atom is -0.505 e. The normalized spacial score (nSPS) is 9.74. The highest BCUT2D eigenvalue weighted by Gasteiger charge is 2.02. The van der Waals surface area contributed by atoms with E-state index in [0.717, 1.165) is 11.1 Å². The van der Waals surface area contributed by atoms with E-state index in [0.29, 0.717) is 4.47 Å². The molecule has 0 aliphatic heterocycles. The molecule has 5 heteroatoms. The van der Waals surface area contributed by atoms with E-state index in [2.05, 4.69) is 15.9 Å². The van der Waals surface area contributed by atoms with Gasteiger partial charge in [0.15, 0.2) is 23.1 Å². The van der Waals surface area contributed by atoms with Crippen LogP contribution in [0.15, 0.2) is 34.8 Å². The summed E-state index contributed by atoms with van der Waals surface area (Å²) in [4.78, 5) is 0. The number of benzene rings is 2. The highest BCUT2D eigenvalue weighted by atomic mass is 79.9. The van der Waals surface area contributed by atoms with Crippen molar-refractivity contribution in [1.29, 1.82) is 0 Å². The van der Waals surface area contributed by atoms with Crippen molar-refractivity contribution < 1.29 is 19.0 Å². The summed E-state index contributed by atoms with van der Waals surface area (Å²) in [5.74, 6) is -1.76. The van der Waals surface area contributed by atoms with E-state index in [9.17, 15) is 8.78 Å². The van der Waals surface area contributed by atoms with Crippen LogP contribution in [0.5, 0.6) is 11.5 Å². The maximum atomic E-state index is 12.5. The molecule has 0 aromatic heterocycles. The third-order valence-electron chi connectivity index (χ3n) is 2.33. The van der Waals surface area contributed by atoms with Crippen molar-refractivity contribution in [3.8, 4) is 11.5 Å². The van der Waals surface area contributed by atoms with Gasteiger partial charge in [-0.15, -0.1) is 0 Å². The van der Waals surface area contributed by atoms with Crippen LogP contribution in [-0.4, -0.2) is 10.2 Å². The van der Waals surface area contributed by atoms with Crippen LogP contribution in [0, 0.1) is 25.5 Å². The molecule has 2 aromatic rings. The topological polar surface area (TPSA) is 40.5 Å². The Kier molecular flexibility index (Phi) is 5.30. The molecule has 2 aromatic carbocycles. The molecule has 102 valence electrons. The second kappa shape index (κ2) is 6.52. The monoisotopic (exact) mass is 330 g/mol. The van der Waals surface area contributed by atoms with Gasteiger partial charge in [-0.2, -0.15) is 0 Å². The molecule has 0 atom stereocenters. The van der Waals surface area contributed by atoms with Gasteiger partial charge in [0.25, 0.3) is 0 Å². The first kappa shape index (κ1) is 15.4. The summed E-state index contributed by atoms with van der Waals surface area (Å²) in [6, 6.07) is 6.85. The van der Waals surface area contributed by atoms with Crippen LogP contribution in [0.2, 0.25) is 0 Å². The first-order valence-corrected chi connectivity index (χ1v) is 6.20. The molecule has 2 nitrogen and oxygen atoms in total. The number of rotatable bonds is 0. The highest BCUT2D eigenvalue weighted by molar-refractivity contribution is 9.10.